The number of nitrogens with zero attached hydrogens (tertiary/aromatic N) is 4. The minimum absolute atomic E-state index is 0.00714. The van der Waals surface area contributed by atoms with Crippen molar-refractivity contribution in [2.45, 2.75) is 13.5 Å². The topological polar surface area (TPSA) is 69.5 Å². The summed E-state index contributed by atoms with van der Waals surface area (Å²) in [6.45, 7) is 4.16. The number of benzene rings is 1. The Labute approximate surface area is 154 Å². The van der Waals surface area contributed by atoms with Gasteiger partial charge in [-0.25, -0.2) is 4.98 Å². The van der Waals surface area contributed by atoms with Gasteiger partial charge in [0.15, 0.2) is 0 Å². The maximum atomic E-state index is 12.9. The fraction of sp³-hybridized carbons (Fsp3) is 0.350. The summed E-state index contributed by atoms with van der Waals surface area (Å²) in [5.41, 5.74) is 2.12. The van der Waals surface area contributed by atoms with Crippen molar-refractivity contribution in [3.8, 4) is 6.07 Å². The molecule has 26 heavy (non-hydrogen) atoms. The molecule has 0 radical (unpaired) electrons. The number of ether oxygens (including phenoxy) is 1. The van der Waals surface area contributed by atoms with Crippen LogP contribution >= 0.6 is 0 Å². The van der Waals surface area contributed by atoms with Crippen molar-refractivity contribution in [1.82, 2.24) is 9.88 Å². The van der Waals surface area contributed by atoms with Crippen molar-refractivity contribution >= 4 is 11.7 Å². The summed E-state index contributed by atoms with van der Waals surface area (Å²) < 4.78 is 5.20. The van der Waals surface area contributed by atoms with E-state index in [-0.39, 0.29) is 5.91 Å². The van der Waals surface area contributed by atoms with Gasteiger partial charge in [-0.05, 0) is 30.7 Å². The third-order valence-electron chi connectivity index (χ3n) is 4.19. The third-order valence-corrected chi connectivity index (χ3v) is 4.19. The zero-order chi connectivity index (χ0) is 18.9. The lowest BCUT2D eigenvalue weighted by Crippen LogP contribution is -2.38. The van der Waals surface area contributed by atoms with Crippen molar-refractivity contribution < 1.29 is 9.53 Å². The molecule has 136 valence electrons. The van der Waals surface area contributed by atoms with Crippen LogP contribution in [0, 0.1) is 11.3 Å². The highest BCUT2D eigenvalue weighted by molar-refractivity contribution is 5.95. The normalized spacial score (nSPS) is 10.2. The van der Waals surface area contributed by atoms with E-state index in [0.29, 0.717) is 43.2 Å². The number of pyridine rings is 1. The summed E-state index contributed by atoms with van der Waals surface area (Å²) in [6, 6.07) is 13.0. The lowest BCUT2D eigenvalue weighted by Gasteiger charge is -2.26. The molecule has 1 heterocycles. The molecule has 0 saturated heterocycles. The second kappa shape index (κ2) is 9.54. The van der Waals surface area contributed by atoms with E-state index in [1.54, 1.807) is 30.3 Å². The number of methoxy groups -OCH3 is 1. The first-order valence-corrected chi connectivity index (χ1v) is 8.54. The Hall–Kier alpha value is -2.91. The lowest BCUT2D eigenvalue weighted by atomic mass is 10.1. The van der Waals surface area contributed by atoms with E-state index in [0.717, 1.165) is 5.56 Å². The van der Waals surface area contributed by atoms with Crippen LogP contribution in [0.4, 0.5) is 5.82 Å². The lowest BCUT2D eigenvalue weighted by molar-refractivity contribution is 0.0764. The number of anilines is 1. The van der Waals surface area contributed by atoms with E-state index >= 15 is 0 Å². The monoisotopic (exact) mass is 352 g/mol. The Kier molecular flexibility index (Phi) is 7.12. The molecule has 2 rings (SSSR count). The van der Waals surface area contributed by atoms with Gasteiger partial charge in [0, 0.05) is 45.6 Å². The van der Waals surface area contributed by atoms with Crippen molar-refractivity contribution in [2.75, 3.05) is 38.7 Å². The maximum Gasteiger partial charge on any atom is 0.254 e. The van der Waals surface area contributed by atoms with Gasteiger partial charge >= 0.3 is 0 Å². The van der Waals surface area contributed by atoms with Gasteiger partial charge in [-0.3, -0.25) is 4.79 Å². The molecule has 0 atom stereocenters. The van der Waals surface area contributed by atoms with Crippen LogP contribution in [0.3, 0.4) is 0 Å². The molecule has 0 spiro atoms. The zero-order valence-electron chi connectivity index (χ0n) is 15.5. The summed E-state index contributed by atoms with van der Waals surface area (Å²) >= 11 is 0. The Bertz CT molecular complexity index is 785. The highest BCUT2D eigenvalue weighted by Gasteiger charge is 2.18. The molecule has 6 heteroatoms. The van der Waals surface area contributed by atoms with Crippen LogP contribution in [0.15, 0.2) is 42.6 Å². The standard InChI is InChI=1S/C20H24N4O2/c1-4-24(20(25)18-8-6-5-7-17(18)15-26-3)12-11-23(2)19-13-16(14-21)9-10-22-19/h5-10,13H,4,11-12,15H2,1-3H3. The Morgan fingerprint density at radius 2 is 2.04 bits per heavy atom. The molecule has 1 amide bonds. The summed E-state index contributed by atoms with van der Waals surface area (Å²) in [5.74, 6) is 0.708. The summed E-state index contributed by atoms with van der Waals surface area (Å²) in [5, 5.41) is 9.01. The van der Waals surface area contributed by atoms with Crippen LogP contribution in [0.2, 0.25) is 0 Å². The van der Waals surface area contributed by atoms with Crippen LogP contribution < -0.4 is 4.90 Å². The largest absolute Gasteiger partial charge is 0.380 e. The highest BCUT2D eigenvalue weighted by Crippen LogP contribution is 2.14. The molecule has 0 saturated carbocycles. The van der Waals surface area contributed by atoms with Gasteiger partial charge in [0.05, 0.1) is 18.2 Å². The first-order valence-electron chi connectivity index (χ1n) is 8.54. The van der Waals surface area contributed by atoms with Crippen LogP contribution in [0.1, 0.15) is 28.4 Å². The second-order valence-corrected chi connectivity index (χ2v) is 5.91. The molecule has 0 N–H and O–H groups in total. The molecule has 2 aromatic rings. The Morgan fingerprint density at radius 1 is 1.27 bits per heavy atom. The predicted molar refractivity (Wildman–Crippen MR) is 101 cm³/mol. The van der Waals surface area contributed by atoms with E-state index in [2.05, 4.69) is 11.1 Å². The number of rotatable bonds is 8. The SMILES string of the molecule is CCN(CCN(C)c1cc(C#N)ccn1)C(=O)c1ccccc1COC. The molecule has 1 aromatic carbocycles. The van der Waals surface area contributed by atoms with Crippen molar-refractivity contribution in [1.29, 1.82) is 5.26 Å². The highest BCUT2D eigenvalue weighted by atomic mass is 16.5. The number of amides is 1. The van der Waals surface area contributed by atoms with Crippen molar-refractivity contribution in [3.05, 3.63) is 59.3 Å². The smallest absolute Gasteiger partial charge is 0.254 e. The fourth-order valence-corrected chi connectivity index (χ4v) is 2.67. The number of hydrogen-bond acceptors (Lipinski definition) is 5. The number of nitriles is 1. The molecule has 0 aliphatic rings. The number of hydrogen-bond donors (Lipinski definition) is 0. The number of likely N-dealkylation sites (N-methyl/N-ethyl adjacent to an activating group) is 2. The van der Waals surface area contributed by atoms with Gasteiger partial charge < -0.3 is 14.5 Å². The van der Waals surface area contributed by atoms with Gasteiger partial charge in [-0.1, -0.05) is 18.2 Å². The molecule has 0 aliphatic carbocycles. The fourth-order valence-electron chi connectivity index (χ4n) is 2.67. The van der Waals surface area contributed by atoms with Gasteiger partial charge in [-0.15, -0.1) is 0 Å². The summed E-state index contributed by atoms with van der Waals surface area (Å²) in [6.07, 6.45) is 1.62. The molecule has 0 fully saturated rings. The Morgan fingerprint density at radius 3 is 2.73 bits per heavy atom. The molecular formula is C20H24N4O2. The number of aromatic nitrogens is 1. The predicted octanol–water partition coefficient (Wildman–Crippen LogP) is 2.70. The molecule has 0 aliphatic heterocycles. The third kappa shape index (κ3) is 4.80. The number of carbonyl (C=O) groups is 1. The van der Waals surface area contributed by atoms with E-state index in [1.165, 1.54) is 0 Å². The first kappa shape index (κ1) is 19.4. The average molecular weight is 352 g/mol. The summed E-state index contributed by atoms with van der Waals surface area (Å²) in [7, 11) is 3.52. The van der Waals surface area contributed by atoms with Crippen LogP contribution in [-0.4, -0.2) is 49.6 Å². The van der Waals surface area contributed by atoms with Gasteiger partial charge in [0.1, 0.15) is 5.82 Å². The van der Waals surface area contributed by atoms with Crippen molar-refractivity contribution in [2.24, 2.45) is 0 Å². The second-order valence-electron chi connectivity index (χ2n) is 5.91. The molecule has 1 aromatic heterocycles. The van der Waals surface area contributed by atoms with Gasteiger partial charge in [0.2, 0.25) is 0 Å². The number of carbonyl (C=O) groups excluding carboxylic acids is 1. The summed E-state index contributed by atoms with van der Waals surface area (Å²) in [4.78, 5) is 20.9. The van der Waals surface area contributed by atoms with Gasteiger partial charge in [0.25, 0.3) is 5.91 Å². The Balaban J connectivity index is 2.07. The average Bonchev–Trinajstić information content (AvgIpc) is 2.68. The first-order chi connectivity index (χ1) is 12.6. The van der Waals surface area contributed by atoms with E-state index in [4.69, 9.17) is 10.00 Å². The zero-order valence-corrected chi connectivity index (χ0v) is 15.5. The molecule has 0 unspecified atom stereocenters. The maximum absolute atomic E-state index is 12.9. The minimum Gasteiger partial charge on any atom is -0.380 e. The van der Waals surface area contributed by atoms with E-state index in [1.807, 2.05) is 43.1 Å². The van der Waals surface area contributed by atoms with E-state index < -0.39 is 0 Å². The van der Waals surface area contributed by atoms with Crippen molar-refractivity contribution in [3.63, 3.8) is 0 Å². The van der Waals surface area contributed by atoms with Crippen LogP contribution in [0.25, 0.3) is 0 Å². The van der Waals surface area contributed by atoms with Crippen LogP contribution in [0.5, 0.6) is 0 Å². The van der Waals surface area contributed by atoms with Gasteiger partial charge in [-0.2, -0.15) is 5.26 Å². The molecular weight excluding hydrogens is 328 g/mol. The van der Waals surface area contributed by atoms with E-state index in [9.17, 15) is 4.79 Å². The minimum atomic E-state index is -0.00714. The molecule has 6 nitrogen and oxygen atoms in total. The van der Waals surface area contributed by atoms with Crippen LogP contribution in [-0.2, 0) is 11.3 Å². The molecule has 0 bridgehead atoms. The quantitative estimate of drug-likeness (QED) is 0.730.